The number of carbonyl (C=O) groups is 3. The van der Waals surface area contributed by atoms with Crippen LogP contribution in [0, 0.1) is 5.92 Å². The second-order valence-corrected chi connectivity index (χ2v) is 5.91. The third kappa shape index (κ3) is 3.97. The Kier molecular flexibility index (Phi) is 5.52. The Balaban J connectivity index is 2.28. The summed E-state index contributed by atoms with van der Waals surface area (Å²) in [4.78, 5) is 36.1. The van der Waals surface area contributed by atoms with E-state index in [4.69, 9.17) is 9.47 Å². The molecule has 0 aromatic carbocycles. The molecular weight excluding hydrogens is 300 g/mol. The van der Waals surface area contributed by atoms with Gasteiger partial charge in [-0.15, -0.1) is 0 Å². The summed E-state index contributed by atoms with van der Waals surface area (Å²) in [5.41, 5.74) is 1.05. The second-order valence-electron chi connectivity index (χ2n) is 5.91. The third-order valence-corrected chi connectivity index (χ3v) is 3.47. The van der Waals surface area contributed by atoms with Crippen molar-refractivity contribution < 1.29 is 23.9 Å². The number of ketones is 1. The van der Waals surface area contributed by atoms with Crippen LogP contribution in [0.5, 0.6) is 0 Å². The van der Waals surface area contributed by atoms with Crippen molar-refractivity contribution >= 4 is 17.7 Å². The molecule has 2 rings (SSSR count). The summed E-state index contributed by atoms with van der Waals surface area (Å²) in [5, 5.41) is 4.17. The Labute approximate surface area is 134 Å². The van der Waals surface area contributed by atoms with Gasteiger partial charge in [0.15, 0.2) is 11.5 Å². The van der Waals surface area contributed by atoms with Crippen molar-refractivity contribution in [1.29, 1.82) is 0 Å². The summed E-state index contributed by atoms with van der Waals surface area (Å²) in [6.45, 7) is 5.87. The topological polar surface area (TPSA) is 87.5 Å². The van der Waals surface area contributed by atoms with Crippen molar-refractivity contribution in [2.45, 2.75) is 46.6 Å². The molecule has 0 N–H and O–H groups in total. The molecule has 0 aliphatic heterocycles. The highest BCUT2D eigenvalue weighted by Gasteiger charge is 2.31. The van der Waals surface area contributed by atoms with Gasteiger partial charge in [-0.05, 0) is 25.7 Å². The predicted octanol–water partition coefficient (Wildman–Crippen LogP) is 1.78. The monoisotopic (exact) mass is 322 g/mol. The molecule has 7 nitrogen and oxygen atoms in total. The smallest absolute Gasteiger partial charge is 0.356 e. The zero-order valence-electron chi connectivity index (χ0n) is 13.8. The molecule has 0 bridgehead atoms. The van der Waals surface area contributed by atoms with Crippen molar-refractivity contribution in [3.63, 3.8) is 0 Å². The molecule has 1 aliphatic carbocycles. The molecule has 126 valence electrons. The van der Waals surface area contributed by atoms with Crippen molar-refractivity contribution in [2.24, 2.45) is 5.92 Å². The lowest BCUT2D eigenvalue weighted by Crippen LogP contribution is -2.21. The van der Waals surface area contributed by atoms with Crippen LogP contribution in [0.25, 0.3) is 0 Å². The first-order chi connectivity index (χ1) is 10.9. The van der Waals surface area contributed by atoms with Crippen molar-refractivity contribution in [2.75, 3.05) is 13.2 Å². The fourth-order valence-electron chi connectivity index (χ4n) is 2.47. The minimum atomic E-state index is -0.562. The highest BCUT2D eigenvalue weighted by atomic mass is 16.5. The average Bonchev–Trinajstić information content (AvgIpc) is 2.85. The fourth-order valence-corrected chi connectivity index (χ4v) is 2.47. The Morgan fingerprint density at radius 3 is 2.65 bits per heavy atom. The predicted molar refractivity (Wildman–Crippen MR) is 81.2 cm³/mol. The van der Waals surface area contributed by atoms with E-state index in [1.54, 1.807) is 6.92 Å². The van der Waals surface area contributed by atoms with Crippen LogP contribution in [-0.4, -0.2) is 40.7 Å². The molecule has 7 heteroatoms. The van der Waals surface area contributed by atoms with Gasteiger partial charge in [-0.3, -0.25) is 9.59 Å². The first-order valence-electron chi connectivity index (χ1n) is 7.89. The number of aromatic nitrogens is 2. The van der Waals surface area contributed by atoms with Crippen LogP contribution in [0.3, 0.4) is 0 Å². The third-order valence-electron chi connectivity index (χ3n) is 3.47. The van der Waals surface area contributed by atoms with E-state index in [2.05, 4.69) is 5.10 Å². The van der Waals surface area contributed by atoms with Crippen LogP contribution < -0.4 is 0 Å². The van der Waals surface area contributed by atoms with E-state index in [0.717, 1.165) is 0 Å². The molecule has 1 aromatic heterocycles. The Morgan fingerprint density at radius 2 is 2.00 bits per heavy atom. The molecule has 1 heterocycles. The van der Waals surface area contributed by atoms with E-state index in [9.17, 15) is 14.4 Å². The zero-order valence-corrected chi connectivity index (χ0v) is 13.8. The molecule has 1 aromatic rings. The molecule has 0 radical (unpaired) electrons. The summed E-state index contributed by atoms with van der Waals surface area (Å²) in [6, 6.07) is 0. The van der Waals surface area contributed by atoms with E-state index in [0.29, 0.717) is 31.4 Å². The average molecular weight is 322 g/mol. The van der Waals surface area contributed by atoms with E-state index in [1.165, 1.54) is 4.68 Å². The quantitative estimate of drug-likeness (QED) is 0.742. The lowest BCUT2D eigenvalue weighted by Gasteiger charge is -2.11. The normalized spacial score (nSPS) is 13.8. The highest BCUT2D eigenvalue weighted by molar-refractivity contribution is 6.00. The fraction of sp³-hybridized carbons (Fsp3) is 0.625. The van der Waals surface area contributed by atoms with Crippen molar-refractivity contribution in [3.8, 4) is 0 Å². The SMILES string of the molecule is CCOC(=O)c1c2c(nn1CC(=O)OCC(C)C)C(=O)CCC2. The number of Topliss-reactive ketones (excluding diaryl/α,β-unsaturated/α-hetero) is 1. The largest absolute Gasteiger partial charge is 0.464 e. The summed E-state index contributed by atoms with van der Waals surface area (Å²) in [7, 11) is 0. The summed E-state index contributed by atoms with van der Waals surface area (Å²) in [6.07, 6.45) is 1.65. The van der Waals surface area contributed by atoms with Gasteiger partial charge in [0.05, 0.1) is 13.2 Å². The van der Waals surface area contributed by atoms with Gasteiger partial charge in [0.2, 0.25) is 0 Å². The first-order valence-corrected chi connectivity index (χ1v) is 7.89. The summed E-state index contributed by atoms with van der Waals surface area (Å²) < 4.78 is 11.4. The van der Waals surface area contributed by atoms with Gasteiger partial charge in [0.1, 0.15) is 12.2 Å². The molecule has 1 aliphatic rings. The number of carbonyl (C=O) groups excluding carboxylic acids is 3. The van der Waals surface area contributed by atoms with E-state index in [1.807, 2.05) is 13.8 Å². The number of fused-ring (bicyclic) bond motifs is 1. The molecule has 0 atom stereocenters. The van der Waals surface area contributed by atoms with Gasteiger partial charge in [-0.25, -0.2) is 9.48 Å². The van der Waals surface area contributed by atoms with Gasteiger partial charge in [0, 0.05) is 12.0 Å². The highest BCUT2D eigenvalue weighted by Crippen LogP contribution is 2.25. The minimum Gasteiger partial charge on any atom is -0.464 e. The maximum absolute atomic E-state index is 12.2. The van der Waals surface area contributed by atoms with Gasteiger partial charge in [-0.2, -0.15) is 5.10 Å². The van der Waals surface area contributed by atoms with Gasteiger partial charge in [0.25, 0.3) is 0 Å². The number of nitrogens with zero attached hydrogens (tertiary/aromatic N) is 2. The van der Waals surface area contributed by atoms with Crippen LogP contribution in [-0.2, 0) is 27.2 Å². The molecule has 0 saturated heterocycles. The molecule has 0 unspecified atom stereocenters. The van der Waals surface area contributed by atoms with Crippen LogP contribution in [0.4, 0.5) is 0 Å². The van der Waals surface area contributed by atoms with Crippen LogP contribution >= 0.6 is 0 Å². The Morgan fingerprint density at radius 1 is 1.26 bits per heavy atom. The van der Waals surface area contributed by atoms with Crippen LogP contribution in [0.1, 0.15) is 60.2 Å². The number of ether oxygens (including phenoxy) is 2. The maximum atomic E-state index is 12.2. The second kappa shape index (κ2) is 7.39. The Bertz CT molecular complexity index is 618. The first kappa shape index (κ1) is 17.2. The zero-order chi connectivity index (χ0) is 17.0. The summed E-state index contributed by atoms with van der Waals surface area (Å²) >= 11 is 0. The lowest BCUT2D eigenvalue weighted by atomic mass is 9.95. The molecule has 0 amide bonds. The van der Waals surface area contributed by atoms with E-state index >= 15 is 0 Å². The van der Waals surface area contributed by atoms with Crippen molar-refractivity contribution in [3.05, 3.63) is 17.0 Å². The maximum Gasteiger partial charge on any atom is 0.356 e. The molecule has 23 heavy (non-hydrogen) atoms. The van der Waals surface area contributed by atoms with E-state index in [-0.39, 0.29) is 36.2 Å². The van der Waals surface area contributed by atoms with Crippen LogP contribution in [0.2, 0.25) is 0 Å². The standard InChI is InChI=1S/C16H22N2O5/c1-4-22-16(21)15-11-6-5-7-12(19)14(11)17-18(15)8-13(20)23-9-10(2)3/h10H,4-9H2,1-3H3. The minimum absolute atomic E-state index is 0.105. The summed E-state index contributed by atoms with van der Waals surface area (Å²) in [5.74, 6) is -0.939. The molecule has 0 saturated carbocycles. The Hall–Kier alpha value is -2.18. The van der Waals surface area contributed by atoms with Gasteiger partial charge in [-0.1, -0.05) is 13.8 Å². The van der Waals surface area contributed by atoms with E-state index < -0.39 is 11.9 Å². The van der Waals surface area contributed by atoms with Crippen molar-refractivity contribution in [1.82, 2.24) is 9.78 Å². The number of rotatable bonds is 6. The molecule has 0 fully saturated rings. The van der Waals surface area contributed by atoms with Crippen LogP contribution in [0.15, 0.2) is 0 Å². The molecular formula is C16H22N2O5. The number of hydrogen-bond acceptors (Lipinski definition) is 6. The number of hydrogen-bond donors (Lipinski definition) is 0. The van der Waals surface area contributed by atoms with Gasteiger partial charge >= 0.3 is 11.9 Å². The van der Waals surface area contributed by atoms with Gasteiger partial charge < -0.3 is 9.47 Å². The molecule has 0 spiro atoms. The number of esters is 2. The lowest BCUT2D eigenvalue weighted by molar-refractivity contribution is -0.145.